The van der Waals surface area contributed by atoms with E-state index in [1.165, 1.54) is 9.21 Å². The Balaban J connectivity index is 2.01. The molecule has 2 heterocycles. The van der Waals surface area contributed by atoms with Crippen molar-refractivity contribution in [3.63, 3.8) is 0 Å². The molecule has 0 unspecified atom stereocenters. The molecule has 0 saturated carbocycles. The Morgan fingerprint density at radius 2 is 1.92 bits per heavy atom. The molecule has 0 aliphatic carbocycles. The normalized spacial score (nSPS) is 16.8. The fourth-order valence-electron chi connectivity index (χ4n) is 3.11. The Morgan fingerprint density at radius 1 is 1.24 bits per heavy atom. The Bertz CT molecular complexity index is 894. The van der Waals surface area contributed by atoms with Crippen molar-refractivity contribution in [3.8, 4) is 0 Å². The van der Waals surface area contributed by atoms with Gasteiger partial charge in [0.2, 0.25) is 10.0 Å². The summed E-state index contributed by atoms with van der Waals surface area (Å²) in [5, 5.41) is 0. The molecular formula is C16H24N3O4S2+. The Labute approximate surface area is 152 Å². The van der Waals surface area contributed by atoms with Gasteiger partial charge >= 0.3 is 0 Å². The van der Waals surface area contributed by atoms with Gasteiger partial charge in [-0.05, 0) is 30.4 Å². The fourth-order valence-corrected chi connectivity index (χ4v) is 4.84. The molecule has 0 atom stereocenters. The van der Waals surface area contributed by atoms with E-state index >= 15 is 0 Å². The molecule has 0 amide bonds. The molecule has 1 aromatic carbocycles. The number of aromatic nitrogens is 1. The fraction of sp³-hybridized carbons (Fsp3) is 0.562. The minimum absolute atomic E-state index is 0.269. The number of hydrogen-bond acceptors (Lipinski definition) is 5. The van der Waals surface area contributed by atoms with Crippen LogP contribution in [0.2, 0.25) is 0 Å². The van der Waals surface area contributed by atoms with Crippen LogP contribution in [0, 0.1) is 4.84 Å². The summed E-state index contributed by atoms with van der Waals surface area (Å²) in [4.78, 5) is 1.97. The molecule has 9 heteroatoms. The third-order valence-electron chi connectivity index (χ3n) is 4.56. The zero-order valence-electron chi connectivity index (χ0n) is 14.5. The van der Waals surface area contributed by atoms with Gasteiger partial charge in [-0.15, -0.1) is 0 Å². The van der Waals surface area contributed by atoms with Crippen LogP contribution in [0.1, 0.15) is 13.8 Å². The smallest absolute Gasteiger partial charge is 0.274 e. The van der Waals surface area contributed by atoms with E-state index in [0.717, 1.165) is 31.8 Å². The summed E-state index contributed by atoms with van der Waals surface area (Å²) in [7, 11) is -3.52. The van der Waals surface area contributed by atoms with Gasteiger partial charge in [0.15, 0.2) is 12.3 Å². The van der Waals surface area contributed by atoms with Crippen LogP contribution in [0.5, 0.6) is 0 Å². The molecule has 1 aliphatic heterocycles. The lowest BCUT2D eigenvalue weighted by Gasteiger charge is -2.24. The highest BCUT2D eigenvalue weighted by Crippen LogP contribution is 2.23. The van der Waals surface area contributed by atoms with Crippen molar-refractivity contribution in [1.82, 2.24) is 8.87 Å². The SMILES string of the molecule is CCN(CC)S(=O)(=O)c1ccc2oc(=S)n(C[NH+]3CCOCC3)c2c1. The number of nitrogens with zero attached hydrogens (tertiary/aromatic N) is 2. The van der Waals surface area contributed by atoms with Crippen LogP contribution in [-0.2, 0) is 21.4 Å². The molecule has 3 rings (SSSR count). The van der Waals surface area contributed by atoms with Gasteiger partial charge in [-0.25, -0.2) is 8.42 Å². The Hall–Kier alpha value is -1.26. The lowest BCUT2D eigenvalue weighted by atomic mass is 10.3. The Kier molecular flexibility index (Phi) is 5.59. The van der Waals surface area contributed by atoms with E-state index in [-0.39, 0.29) is 4.90 Å². The highest BCUT2D eigenvalue weighted by Gasteiger charge is 2.24. The van der Waals surface area contributed by atoms with Gasteiger partial charge in [0.25, 0.3) is 4.84 Å². The van der Waals surface area contributed by atoms with Gasteiger partial charge in [-0.1, -0.05) is 13.8 Å². The highest BCUT2D eigenvalue weighted by atomic mass is 32.2. The molecule has 7 nitrogen and oxygen atoms in total. The van der Waals surface area contributed by atoms with Crippen LogP contribution in [-0.4, -0.2) is 56.7 Å². The van der Waals surface area contributed by atoms with E-state index in [0.29, 0.717) is 30.2 Å². The predicted molar refractivity (Wildman–Crippen MR) is 96.7 cm³/mol. The summed E-state index contributed by atoms with van der Waals surface area (Å²) < 4.78 is 39.9. The van der Waals surface area contributed by atoms with Gasteiger partial charge in [-0.3, -0.25) is 4.57 Å². The van der Waals surface area contributed by atoms with Crippen LogP contribution in [0.4, 0.5) is 0 Å². The second-order valence-corrected chi connectivity index (χ2v) is 8.32. The van der Waals surface area contributed by atoms with E-state index in [1.807, 2.05) is 18.4 Å². The lowest BCUT2D eigenvalue weighted by molar-refractivity contribution is -0.930. The average molecular weight is 387 g/mol. The number of benzene rings is 1. The van der Waals surface area contributed by atoms with Crippen LogP contribution in [0.3, 0.4) is 0 Å². The van der Waals surface area contributed by atoms with Crippen molar-refractivity contribution in [3.05, 3.63) is 23.0 Å². The second kappa shape index (κ2) is 7.55. The number of nitrogens with one attached hydrogen (secondary N) is 1. The zero-order valence-corrected chi connectivity index (χ0v) is 16.2. The number of quaternary nitrogens is 1. The molecule has 2 aromatic rings. The van der Waals surface area contributed by atoms with Gasteiger partial charge < -0.3 is 14.1 Å². The maximum absolute atomic E-state index is 12.8. The van der Waals surface area contributed by atoms with Crippen LogP contribution < -0.4 is 4.90 Å². The topological polar surface area (TPSA) is 69.1 Å². The van der Waals surface area contributed by atoms with E-state index in [9.17, 15) is 8.42 Å². The summed E-state index contributed by atoms with van der Waals surface area (Å²) in [5.41, 5.74) is 1.33. The maximum atomic E-state index is 12.8. The summed E-state index contributed by atoms with van der Waals surface area (Å²) in [6.07, 6.45) is 0. The second-order valence-electron chi connectivity index (χ2n) is 6.04. The van der Waals surface area contributed by atoms with Crippen molar-refractivity contribution in [2.24, 2.45) is 0 Å². The number of ether oxygens (including phenoxy) is 1. The van der Waals surface area contributed by atoms with E-state index in [4.69, 9.17) is 21.4 Å². The zero-order chi connectivity index (χ0) is 18.0. The number of rotatable bonds is 6. The molecule has 1 saturated heterocycles. The third-order valence-corrected chi connectivity index (χ3v) is 6.91. The molecule has 0 radical (unpaired) electrons. The number of hydrogen-bond donors (Lipinski definition) is 1. The first-order chi connectivity index (χ1) is 12.0. The van der Waals surface area contributed by atoms with Crippen molar-refractivity contribution >= 4 is 33.3 Å². The summed E-state index contributed by atoms with van der Waals surface area (Å²) in [6.45, 7) is 8.42. The molecule has 138 valence electrons. The predicted octanol–water partition coefficient (Wildman–Crippen LogP) is 0.867. The molecule has 1 fully saturated rings. The lowest BCUT2D eigenvalue weighted by Crippen LogP contribution is -3.13. The Morgan fingerprint density at radius 3 is 2.56 bits per heavy atom. The monoisotopic (exact) mass is 386 g/mol. The largest absolute Gasteiger partial charge is 0.429 e. The number of oxazole rings is 1. The van der Waals surface area contributed by atoms with Crippen LogP contribution in [0.15, 0.2) is 27.5 Å². The number of fused-ring (bicyclic) bond motifs is 1. The first-order valence-corrected chi connectivity index (χ1v) is 10.4. The van der Waals surface area contributed by atoms with Crippen molar-refractivity contribution in [2.75, 3.05) is 39.4 Å². The molecule has 0 spiro atoms. The van der Waals surface area contributed by atoms with Gasteiger partial charge in [0, 0.05) is 13.1 Å². The van der Waals surface area contributed by atoms with Crippen LogP contribution in [0.25, 0.3) is 11.1 Å². The first kappa shape index (κ1) is 18.5. The van der Waals surface area contributed by atoms with Crippen molar-refractivity contribution in [2.45, 2.75) is 25.4 Å². The molecule has 1 aliphatic rings. The molecule has 1 aromatic heterocycles. The molecule has 0 bridgehead atoms. The average Bonchev–Trinajstić information content (AvgIpc) is 2.91. The van der Waals surface area contributed by atoms with Crippen molar-refractivity contribution < 1.29 is 22.5 Å². The molecule has 1 N–H and O–H groups in total. The summed E-state index contributed by atoms with van der Waals surface area (Å²) in [5.74, 6) is 0. The summed E-state index contributed by atoms with van der Waals surface area (Å²) in [6, 6.07) is 4.94. The van der Waals surface area contributed by atoms with Crippen LogP contribution >= 0.6 is 12.2 Å². The van der Waals surface area contributed by atoms with Gasteiger partial charge in [0.1, 0.15) is 13.1 Å². The summed E-state index contributed by atoms with van der Waals surface area (Å²) >= 11 is 5.35. The minimum atomic E-state index is -3.52. The van der Waals surface area contributed by atoms with E-state index in [2.05, 4.69) is 0 Å². The number of morpholine rings is 1. The van der Waals surface area contributed by atoms with E-state index in [1.54, 1.807) is 18.2 Å². The quantitative estimate of drug-likeness (QED) is 0.746. The van der Waals surface area contributed by atoms with Crippen molar-refractivity contribution in [1.29, 1.82) is 0 Å². The molecular weight excluding hydrogens is 362 g/mol. The maximum Gasteiger partial charge on any atom is 0.274 e. The van der Waals surface area contributed by atoms with Gasteiger partial charge in [-0.2, -0.15) is 4.31 Å². The molecule has 25 heavy (non-hydrogen) atoms. The first-order valence-electron chi connectivity index (χ1n) is 8.52. The minimum Gasteiger partial charge on any atom is -0.429 e. The number of sulfonamides is 1. The van der Waals surface area contributed by atoms with E-state index < -0.39 is 10.0 Å². The highest BCUT2D eigenvalue weighted by molar-refractivity contribution is 7.89. The third kappa shape index (κ3) is 3.65. The van der Waals surface area contributed by atoms with Gasteiger partial charge in [0.05, 0.1) is 23.6 Å². The standard InChI is InChI=1S/C16H23N3O4S2/c1-3-18(4-2)25(20,21)13-5-6-15-14(11-13)19(16(24)23-15)12-17-7-9-22-10-8-17/h5-6,11H,3-4,7-10,12H2,1-2H3/p+1.